The summed E-state index contributed by atoms with van der Waals surface area (Å²) in [7, 11) is 1.56. The van der Waals surface area contributed by atoms with Gasteiger partial charge in [0.25, 0.3) is 0 Å². The molecule has 0 aromatic heterocycles. The lowest BCUT2D eigenvalue weighted by Crippen LogP contribution is -2.10. The second kappa shape index (κ2) is 6.74. The summed E-state index contributed by atoms with van der Waals surface area (Å²) in [6.45, 7) is 3.96. The lowest BCUT2D eigenvalue weighted by Gasteiger charge is -2.14. The van der Waals surface area contributed by atoms with Gasteiger partial charge in [0, 0.05) is 12.1 Å². The van der Waals surface area contributed by atoms with Gasteiger partial charge in [0.15, 0.2) is 0 Å². The van der Waals surface area contributed by atoms with Gasteiger partial charge in [-0.1, -0.05) is 6.07 Å². The van der Waals surface area contributed by atoms with Crippen molar-refractivity contribution in [2.24, 2.45) is 0 Å². The van der Waals surface area contributed by atoms with Gasteiger partial charge in [-0.25, -0.2) is 0 Å². The fraction of sp³-hybridized carbons (Fsp3) is 0.250. The van der Waals surface area contributed by atoms with Crippen LogP contribution in [0.5, 0.6) is 17.2 Å². The zero-order chi connectivity index (χ0) is 15.2. The molecule has 0 heterocycles. The van der Waals surface area contributed by atoms with E-state index in [0.717, 1.165) is 11.4 Å². The van der Waals surface area contributed by atoms with Crippen LogP contribution in [-0.2, 0) is 0 Å². The molecule has 0 unspecified atom stereocenters. The normalized spacial score (nSPS) is 10.3. The highest BCUT2D eigenvalue weighted by atomic mass is 16.5. The average molecular weight is 288 g/mol. The number of phenolic OH excluding ortho intramolecular Hbond substituents is 1. The zero-order valence-corrected chi connectivity index (χ0v) is 12.4. The Morgan fingerprint density at radius 2 is 1.81 bits per heavy atom. The van der Waals surface area contributed by atoms with E-state index in [2.05, 4.69) is 10.9 Å². The number of anilines is 2. The molecule has 5 nitrogen and oxygen atoms in total. The van der Waals surface area contributed by atoms with Crippen molar-refractivity contribution in [2.45, 2.75) is 20.0 Å². The minimum atomic E-state index is 0.108. The van der Waals surface area contributed by atoms with Crippen LogP contribution in [-0.4, -0.2) is 18.3 Å². The summed E-state index contributed by atoms with van der Waals surface area (Å²) in [5.74, 6) is 1.50. The van der Waals surface area contributed by atoms with Gasteiger partial charge in [0.1, 0.15) is 17.2 Å². The van der Waals surface area contributed by atoms with Crippen LogP contribution in [0.2, 0.25) is 0 Å². The predicted molar refractivity (Wildman–Crippen MR) is 84.1 cm³/mol. The Labute approximate surface area is 124 Å². The maximum Gasteiger partial charge on any atom is 0.144 e. The minimum Gasteiger partial charge on any atom is -0.506 e. The molecule has 2 rings (SSSR count). The largest absolute Gasteiger partial charge is 0.506 e. The highest BCUT2D eigenvalue weighted by Gasteiger charge is 2.03. The Bertz CT molecular complexity index is 600. The van der Waals surface area contributed by atoms with Gasteiger partial charge in [-0.05, 0) is 38.1 Å². The van der Waals surface area contributed by atoms with E-state index in [4.69, 9.17) is 9.47 Å². The fourth-order valence-corrected chi connectivity index (χ4v) is 1.80. The van der Waals surface area contributed by atoms with Crippen LogP contribution in [0, 0.1) is 0 Å². The Morgan fingerprint density at radius 1 is 1.00 bits per heavy atom. The number of hydrogen-bond donors (Lipinski definition) is 3. The summed E-state index contributed by atoms with van der Waals surface area (Å²) in [6.07, 6.45) is 0.124. The van der Waals surface area contributed by atoms with Crippen molar-refractivity contribution in [2.75, 3.05) is 18.0 Å². The second-order valence-electron chi connectivity index (χ2n) is 4.83. The number of phenols is 1. The molecule has 0 amide bonds. The first-order chi connectivity index (χ1) is 10.1. The number of methoxy groups -OCH3 is 1. The Hall–Kier alpha value is -2.56. The lowest BCUT2D eigenvalue weighted by atomic mass is 10.3. The van der Waals surface area contributed by atoms with E-state index in [9.17, 15) is 5.11 Å². The van der Waals surface area contributed by atoms with Crippen molar-refractivity contribution in [3.05, 3.63) is 42.5 Å². The SMILES string of the molecule is COc1ccc(NNc2cccc(OC(C)C)c2)c(O)c1. The number of nitrogens with one attached hydrogen (secondary N) is 2. The van der Waals surface area contributed by atoms with Crippen LogP contribution in [0.3, 0.4) is 0 Å². The lowest BCUT2D eigenvalue weighted by molar-refractivity contribution is 0.242. The third kappa shape index (κ3) is 4.21. The van der Waals surface area contributed by atoms with Gasteiger partial charge in [-0.3, -0.25) is 5.43 Å². The molecule has 3 N–H and O–H groups in total. The third-order valence-corrected chi connectivity index (χ3v) is 2.75. The Morgan fingerprint density at radius 3 is 2.48 bits per heavy atom. The van der Waals surface area contributed by atoms with E-state index in [1.165, 1.54) is 0 Å². The van der Waals surface area contributed by atoms with Gasteiger partial charge in [-0.2, -0.15) is 0 Å². The molecule has 0 aliphatic carbocycles. The van der Waals surface area contributed by atoms with Crippen molar-refractivity contribution in [3.63, 3.8) is 0 Å². The molecule has 0 saturated heterocycles. The summed E-state index contributed by atoms with van der Waals surface area (Å²) in [5.41, 5.74) is 7.37. The smallest absolute Gasteiger partial charge is 0.144 e. The topological polar surface area (TPSA) is 62.8 Å². The monoisotopic (exact) mass is 288 g/mol. The Kier molecular flexibility index (Phi) is 4.77. The molecule has 2 aromatic rings. The van der Waals surface area contributed by atoms with E-state index >= 15 is 0 Å². The van der Waals surface area contributed by atoms with Crippen molar-refractivity contribution in [1.29, 1.82) is 0 Å². The molecule has 0 radical (unpaired) electrons. The number of aromatic hydroxyl groups is 1. The molecule has 0 atom stereocenters. The fourth-order valence-electron chi connectivity index (χ4n) is 1.80. The van der Waals surface area contributed by atoms with E-state index in [0.29, 0.717) is 11.4 Å². The first kappa shape index (κ1) is 14.8. The van der Waals surface area contributed by atoms with Crippen LogP contribution in [0.25, 0.3) is 0 Å². The molecule has 0 aliphatic heterocycles. The minimum absolute atomic E-state index is 0.108. The van der Waals surface area contributed by atoms with Crippen LogP contribution in [0.1, 0.15) is 13.8 Å². The van der Waals surface area contributed by atoms with E-state index in [1.807, 2.05) is 38.1 Å². The van der Waals surface area contributed by atoms with Crippen LogP contribution in [0.4, 0.5) is 11.4 Å². The van der Waals surface area contributed by atoms with E-state index < -0.39 is 0 Å². The summed E-state index contributed by atoms with van der Waals surface area (Å²) >= 11 is 0. The first-order valence-electron chi connectivity index (χ1n) is 6.74. The molecule has 2 aromatic carbocycles. The number of hydrazine groups is 1. The van der Waals surface area contributed by atoms with Crippen molar-refractivity contribution >= 4 is 11.4 Å². The summed E-state index contributed by atoms with van der Waals surface area (Å²) in [4.78, 5) is 0. The molecule has 0 fully saturated rings. The number of benzene rings is 2. The second-order valence-corrected chi connectivity index (χ2v) is 4.83. The van der Waals surface area contributed by atoms with Crippen molar-refractivity contribution in [1.82, 2.24) is 0 Å². The predicted octanol–water partition coefficient (Wildman–Crippen LogP) is 3.63. The van der Waals surface area contributed by atoms with Crippen LogP contribution in [0.15, 0.2) is 42.5 Å². The molecule has 5 heteroatoms. The highest BCUT2D eigenvalue weighted by Crippen LogP contribution is 2.28. The highest BCUT2D eigenvalue weighted by molar-refractivity contribution is 5.62. The van der Waals surface area contributed by atoms with Crippen molar-refractivity contribution in [3.8, 4) is 17.2 Å². The number of rotatable bonds is 6. The maximum absolute atomic E-state index is 9.87. The molecule has 112 valence electrons. The summed E-state index contributed by atoms with van der Waals surface area (Å²) < 4.78 is 10.7. The molecule has 21 heavy (non-hydrogen) atoms. The molecule has 0 aliphatic rings. The molecular formula is C16H20N2O3. The van der Waals surface area contributed by atoms with Crippen LogP contribution >= 0.6 is 0 Å². The van der Waals surface area contributed by atoms with Gasteiger partial charge in [-0.15, -0.1) is 0 Å². The zero-order valence-electron chi connectivity index (χ0n) is 12.4. The van der Waals surface area contributed by atoms with E-state index in [1.54, 1.807) is 25.3 Å². The van der Waals surface area contributed by atoms with Gasteiger partial charge < -0.3 is 20.0 Å². The number of hydrogen-bond acceptors (Lipinski definition) is 5. The van der Waals surface area contributed by atoms with Crippen LogP contribution < -0.4 is 20.3 Å². The standard InChI is InChI=1S/C16H20N2O3/c1-11(2)21-14-6-4-5-12(9-14)17-18-15-8-7-13(20-3)10-16(15)19/h4-11,17-19H,1-3H3. The summed E-state index contributed by atoms with van der Waals surface area (Å²) in [6, 6.07) is 12.6. The third-order valence-electron chi connectivity index (χ3n) is 2.75. The first-order valence-corrected chi connectivity index (χ1v) is 6.74. The average Bonchev–Trinajstić information content (AvgIpc) is 2.45. The van der Waals surface area contributed by atoms with Gasteiger partial charge >= 0.3 is 0 Å². The Balaban J connectivity index is 2.02. The summed E-state index contributed by atoms with van der Waals surface area (Å²) in [5, 5.41) is 9.87. The van der Waals surface area contributed by atoms with Gasteiger partial charge in [0.05, 0.1) is 24.6 Å². The van der Waals surface area contributed by atoms with Crippen molar-refractivity contribution < 1.29 is 14.6 Å². The molecule has 0 bridgehead atoms. The van der Waals surface area contributed by atoms with Gasteiger partial charge in [0.2, 0.25) is 0 Å². The quantitative estimate of drug-likeness (QED) is 0.559. The number of ether oxygens (including phenoxy) is 2. The molecule has 0 spiro atoms. The van der Waals surface area contributed by atoms with E-state index in [-0.39, 0.29) is 11.9 Å². The molecular weight excluding hydrogens is 268 g/mol. The molecule has 0 saturated carbocycles. The maximum atomic E-state index is 9.87.